The molecule has 3 N–H and O–H groups in total. The molecule has 0 aromatic carbocycles. The van der Waals surface area contributed by atoms with E-state index in [2.05, 4.69) is 5.32 Å². The minimum Gasteiger partial charge on any atom is -0.327 e. The summed E-state index contributed by atoms with van der Waals surface area (Å²) >= 11 is 0. The molecule has 1 saturated carbocycles. The number of rotatable bonds is 0. The SMILES string of the molecule is Cl.Cl.N[C@H]1C[C@H](F)CC12CCNCC2. The molecule has 0 aromatic rings. The zero-order valence-electron chi connectivity index (χ0n) is 8.17. The topological polar surface area (TPSA) is 38.0 Å². The molecule has 0 amide bonds. The Hall–Kier alpha value is 0.430. The Bertz CT molecular complexity index is 174. The largest absolute Gasteiger partial charge is 0.327 e. The van der Waals surface area contributed by atoms with E-state index in [-0.39, 0.29) is 36.3 Å². The molecule has 1 spiro atoms. The molecule has 2 atom stereocenters. The highest BCUT2D eigenvalue weighted by Gasteiger charge is 2.45. The minimum atomic E-state index is -0.641. The second kappa shape index (κ2) is 5.50. The molecule has 86 valence electrons. The van der Waals surface area contributed by atoms with Crippen molar-refractivity contribution in [2.45, 2.75) is 37.9 Å². The first-order valence-corrected chi connectivity index (χ1v) is 4.83. The van der Waals surface area contributed by atoms with E-state index in [0.29, 0.717) is 12.8 Å². The minimum absolute atomic E-state index is 0. The van der Waals surface area contributed by atoms with Crippen LogP contribution in [0.25, 0.3) is 0 Å². The lowest BCUT2D eigenvalue weighted by Crippen LogP contribution is -2.45. The van der Waals surface area contributed by atoms with Gasteiger partial charge < -0.3 is 11.1 Å². The summed E-state index contributed by atoms with van der Waals surface area (Å²) < 4.78 is 13.1. The number of piperidine rings is 1. The number of hydrogen-bond donors (Lipinski definition) is 2. The maximum atomic E-state index is 13.1. The van der Waals surface area contributed by atoms with Crippen molar-refractivity contribution < 1.29 is 4.39 Å². The molecule has 0 unspecified atom stereocenters. The van der Waals surface area contributed by atoms with Gasteiger partial charge in [-0.3, -0.25) is 0 Å². The highest BCUT2D eigenvalue weighted by molar-refractivity contribution is 5.85. The van der Waals surface area contributed by atoms with Crippen LogP contribution in [0.4, 0.5) is 4.39 Å². The van der Waals surface area contributed by atoms with Crippen molar-refractivity contribution in [1.82, 2.24) is 5.32 Å². The van der Waals surface area contributed by atoms with E-state index in [0.717, 1.165) is 25.9 Å². The first-order chi connectivity index (χ1) is 5.73. The Kier molecular flexibility index (Phi) is 5.67. The van der Waals surface area contributed by atoms with Crippen LogP contribution in [0.1, 0.15) is 25.7 Å². The zero-order valence-corrected chi connectivity index (χ0v) is 9.80. The van der Waals surface area contributed by atoms with Gasteiger partial charge in [0.25, 0.3) is 0 Å². The van der Waals surface area contributed by atoms with Crippen LogP contribution in [0.5, 0.6) is 0 Å². The monoisotopic (exact) mass is 244 g/mol. The molecule has 0 aromatic heterocycles. The zero-order chi connectivity index (χ0) is 8.60. The molecule has 5 heteroatoms. The number of hydrogen-bond acceptors (Lipinski definition) is 2. The van der Waals surface area contributed by atoms with Crippen LogP contribution < -0.4 is 11.1 Å². The van der Waals surface area contributed by atoms with Gasteiger partial charge in [0, 0.05) is 6.04 Å². The van der Waals surface area contributed by atoms with Gasteiger partial charge in [-0.25, -0.2) is 4.39 Å². The van der Waals surface area contributed by atoms with E-state index < -0.39 is 6.17 Å². The third-order valence-electron chi connectivity index (χ3n) is 3.52. The fraction of sp³-hybridized carbons (Fsp3) is 1.00. The molecule has 2 rings (SSSR count). The van der Waals surface area contributed by atoms with E-state index in [9.17, 15) is 4.39 Å². The molecule has 1 aliphatic carbocycles. The van der Waals surface area contributed by atoms with Gasteiger partial charge in [-0.15, -0.1) is 24.8 Å². The number of nitrogens with one attached hydrogen (secondary N) is 1. The van der Waals surface area contributed by atoms with Crippen molar-refractivity contribution in [2.75, 3.05) is 13.1 Å². The van der Waals surface area contributed by atoms with E-state index in [1.807, 2.05) is 0 Å². The van der Waals surface area contributed by atoms with Gasteiger partial charge in [-0.2, -0.15) is 0 Å². The fourth-order valence-corrected chi connectivity index (χ4v) is 2.70. The first kappa shape index (κ1) is 14.4. The number of nitrogens with two attached hydrogens (primary N) is 1. The van der Waals surface area contributed by atoms with Crippen LogP contribution in [-0.4, -0.2) is 25.3 Å². The molecule has 2 nitrogen and oxygen atoms in total. The van der Waals surface area contributed by atoms with Crippen LogP contribution in [0.15, 0.2) is 0 Å². The van der Waals surface area contributed by atoms with Crippen LogP contribution in [0.2, 0.25) is 0 Å². The molecule has 0 radical (unpaired) electrons. The van der Waals surface area contributed by atoms with Gasteiger partial charge in [-0.1, -0.05) is 0 Å². The highest BCUT2D eigenvalue weighted by atomic mass is 35.5. The van der Waals surface area contributed by atoms with Crippen molar-refractivity contribution in [3.63, 3.8) is 0 Å². The van der Waals surface area contributed by atoms with Crippen LogP contribution >= 0.6 is 24.8 Å². The van der Waals surface area contributed by atoms with Crippen molar-refractivity contribution in [3.05, 3.63) is 0 Å². The predicted octanol–water partition coefficient (Wildman–Crippen LogP) is 1.66. The molecule has 14 heavy (non-hydrogen) atoms. The molecule has 1 aliphatic heterocycles. The van der Waals surface area contributed by atoms with Gasteiger partial charge in [0.15, 0.2) is 0 Å². The molecular weight excluding hydrogens is 226 g/mol. The Morgan fingerprint density at radius 2 is 1.79 bits per heavy atom. The van der Waals surface area contributed by atoms with E-state index in [1.165, 1.54) is 0 Å². The average Bonchev–Trinajstić information content (AvgIpc) is 2.29. The summed E-state index contributed by atoms with van der Waals surface area (Å²) in [6.07, 6.45) is 2.78. The summed E-state index contributed by atoms with van der Waals surface area (Å²) in [5.74, 6) is 0. The predicted molar refractivity (Wildman–Crippen MR) is 61.1 cm³/mol. The van der Waals surface area contributed by atoms with E-state index >= 15 is 0 Å². The fourth-order valence-electron chi connectivity index (χ4n) is 2.70. The van der Waals surface area contributed by atoms with E-state index in [1.54, 1.807) is 0 Å². The quantitative estimate of drug-likeness (QED) is 0.681. The van der Waals surface area contributed by atoms with Gasteiger partial charge in [0.05, 0.1) is 0 Å². The highest BCUT2D eigenvalue weighted by Crippen LogP contribution is 2.45. The second-order valence-electron chi connectivity index (χ2n) is 4.26. The third-order valence-corrected chi connectivity index (χ3v) is 3.52. The molecule has 1 saturated heterocycles. The lowest BCUT2D eigenvalue weighted by Gasteiger charge is -2.37. The Morgan fingerprint density at radius 3 is 2.21 bits per heavy atom. The van der Waals surface area contributed by atoms with Crippen molar-refractivity contribution >= 4 is 24.8 Å². The molecule has 1 heterocycles. The molecule has 2 aliphatic rings. The Balaban J connectivity index is 0.000000845. The Morgan fingerprint density at radius 1 is 1.21 bits per heavy atom. The molecular formula is C9H19Cl2FN2. The van der Waals surface area contributed by atoms with Gasteiger partial charge in [0.1, 0.15) is 6.17 Å². The van der Waals surface area contributed by atoms with Crippen molar-refractivity contribution in [2.24, 2.45) is 11.1 Å². The van der Waals surface area contributed by atoms with Crippen LogP contribution in [0, 0.1) is 5.41 Å². The molecule has 2 fully saturated rings. The average molecular weight is 245 g/mol. The molecule has 0 bridgehead atoms. The lowest BCUT2D eigenvalue weighted by atomic mass is 9.75. The van der Waals surface area contributed by atoms with Gasteiger partial charge in [-0.05, 0) is 44.2 Å². The van der Waals surface area contributed by atoms with Gasteiger partial charge in [0.2, 0.25) is 0 Å². The lowest BCUT2D eigenvalue weighted by molar-refractivity contribution is 0.171. The second-order valence-corrected chi connectivity index (χ2v) is 4.26. The standard InChI is InChI=1S/C9H17FN2.2ClH/c10-7-5-8(11)9(6-7)1-3-12-4-2-9;;/h7-8,12H,1-6,11H2;2*1H/t7-,8-;;/m0../s1. The summed E-state index contributed by atoms with van der Waals surface area (Å²) in [6, 6.07) is 0.106. The summed E-state index contributed by atoms with van der Waals surface area (Å²) in [4.78, 5) is 0. The van der Waals surface area contributed by atoms with Gasteiger partial charge >= 0.3 is 0 Å². The smallest absolute Gasteiger partial charge is 0.102 e. The van der Waals surface area contributed by atoms with Crippen molar-refractivity contribution in [3.8, 4) is 0 Å². The van der Waals surface area contributed by atoms with Crippen molar-refractivity contribution in [1.29, 1.82) is 0 Å². The van der Waals surface area contributed by atoms with Crippen LogP contribution in [-0.2, 0) is 0 Å². The maximum absolute atomic E-state index is 13.1. The van der Waals surface area contributed by atoms with Crippen LogP contribution in [0.3, 0.4) is 0 Å². The summed E-state index contributed by atoms with van der Waals surface area (Å²) in [5.41, 5.74) is 6.11. The summed E-state index contributed by atoms with van der Waals surface area (Å²) in [7, 11) is 0. The third kappa shape index (κ3) is 2.51. The number of alkyl halides is 1. The normalized spacial score (nSPS) is 34.7. The maximum Gasteiger partial charge on any atom is 0.102 e. The Labute approximate surface area is 97.0 Å². The van der Waals surface area contributed by atoms with E-state index in [4.69, 9.17) is 5.73 Å². The summed E-state index contributed by atoms with van der Waals surface area (Å²) in [6.45, 7) is 2.03. The number of halogens is 3. The summed E-state index contributed by atoms with van der Waals surface area (Å²) in [5, 5.41) is 3.29. The first-order valence-electron chi connectivity index (χ1n) is 4.83.